The highest BCUT2D eigenvalue weighted by Gasteiger charge is 2.26. The zero-order chi connectivity index (χ0) is 13.9. The van der Waals surface area contributed by atoms with Crippen molar-refractivity contribution < 1.29 is 10.0 Å². The molecular formula is C16H15NO2S. The van der Waals surface area contributed by atoms with Gasteiger partial charge in [0.2, 0.25) is 0 Å². The van der Waals surface area contributed by atoms with Crippen LogP contribution in [0.5, 0.6) is 0 Å². The Morgan fingerprint density at radius 1 is 1.00 bits per heavy atom. The fraction of sp³-hybridized carbons (Fsp3) is 0.188. The van der Waals surface area contributed by atoms with Gasteiger partial charge in [0, 0.05) is 0 Å². The lowest BCUT2D eigenvalue weighted by Crippen LogP contribution is -2.36. The van der Waals surface area contributed by atoms with Crippen molar-refractivity contribution in [2.45, 2.75) is 5.25 Å². The Labute approximate surface area is 122 Å². The molecule has 1 N–H and O–H groups in total. The number of carbonyl (C=O) groups is 1. The summed E-state index contributed by atoms with van der Waals surface area (Å²) in [6, 6.07) is 18.5. The van der Waals surface area contributed by atoms with Crippen LogP contribution in [0.3, 0.4) is 0 Å². The molecule has 0 saturated carbocycles. The van der Waals surface area contributed by atoms with Gasteiger partial charge >= 0.3 is 0 Å². The molecule has 0 aromatic heterocycles. The van der Waals surface area contributed by atoms with E-state index in [4.69, 9.17) is 0 Å². The molecule has 1 unspecified atom stereocenters. The van der Waals surface area contributed by atoms with Gasteiger partial charge in [-0.1, -0.05) is 54.6 Å². The number of nitrogens with zero attached hydrogens (tertiary/aromatic N) is 1. The Balaban J connectivity index is 1.78. The summed E-state index contributed by atoms with van der Waals surface area (Å²) in [6.45, 7) is 0.355. The summed E-state index contributed by atoms with van der Waals surface area (Å²) in [7, 11) is 0. The van der Waals surface area contributed by atoms with Gasteiger partial charge in [-0.15, -0.1) is 11.8 Å². The van der Waals surface area contributed by atoms with Crippen molar-refractivity contribution in [1.29, 1.82) is 0 Å². The zero-order valence-electron chi connectivity index (χ0n) is 10.9. The van der Waals surface area contributed by atoms with E-state index in [-0.39, 0.29) is 11.2 Å². The maximum atomic E-state index is 11.3. The van der Waals surface area contributed by atoms with E-state index in [0.717, 1.165) is 10.6 Å². The molecule has 1 fully saturated rings. The number of amides is 1. The van der Waals surface area contributed by atoms with Gasteiger partial charge in [-0.3, -0.25) is 10.0 Å². The summed E-state index contributed by atoms with van der Waals surface area (Å²) in [6.07, 6.45) is 0. The molecule has 102 valence electrons. The first-order valence-electron chi connectivity index (χ1n) is 6.50. The lowest BCUT2D eigenvalue weighted by molar-refractivity contribution is -0.163. The topological polar surface area (TPSA) is 40.5 Å². The predicted molar refractivity (Wildman–Crippen MR) is 80.6 cm³/mol. The number of hydrogen-bond acceptors (Lipinski definition) is 3. The van der Waals surface area contributed by atoms with Crippen molar-refractivity contribution in [2.75, 3.05) is 12.3 Å². The largest absolute Gasteiger partial charge is 0.286 e. The van der Waals surface area contributed by atoms with Crippen molar-refractivity contribution in [3.63, 3.8) is 0 Å². The minimum Gasteiger partial charge on any atom is -0.286 e. The van der Waals surface area contributed by atoms with Crippen LogP contribution in [-0.2, 0) is 4.79 Å². The van der Waals surface area contributed by atoms with Crippen LogP contribution in [0.25, 0.3) is 11.1 Å². The number of rotatable bonds is 2. The van der Waals surface area contributed by atoms with Crippen LogP contribution < -0.4 is 0 Å². The van der Waals surface area contributed by atoms with Crippen molar-refractivity contribution in [1.82, 2.24) is 5.06 Å². The van der Waals surface area contributed by atoms with Crippen LogP contribution in [0, 0.1) is 0 Å². The summed E-state index contributed by atoms with van der Waals surface area (Å²) < 4.78 is 0. The molecule has 1 saturated heterocycles. The molecular weight excluding hydrogens is 270 g/mol. The summed E-state index contributed by atoms with van der Waals surface area (Å²) >= 11 is 1.58. The van der Waals surface area contributed by atoms with E-state index >= 15 is 0 Å². The second-order valence-corrected chi connectivity index (χ2v) is 5.95. The molecule has 4 heteroatoms. The van der Waals surface area contributed by atoms with Crippen LogP contribution in [0.1, 0.15) is 10.8 Å². The minimum atomic E-state index is -0.216. The maximum Gasteiger partial charge on any atom is 0.255 e. The van der Waals surface area contributed by atoms with Crippen molar-refractivity contribution in [3.05, 3.63) is 60.2 Å². The summed E-state index contributed by atoms with van der Waals surface area (Å²) in [5, 5.41) is 10.5. The van der Waals surface area contributed by atoms with Gasteiger partial charge in [-0.25, -0.2) is 5.06 Å². The lowest BCUT2D eigenvalue weighted by Gasteiger charge is -2.27. The number of hydroxylamine groups is 2. The molecule has 2 aromatic rings. The van der Waals surface area contributed by atoms with Crippen LogP contribution in [0.2, 0.25) is 0 Å². The van der Waals surface area contributed by atoms with Crippen molar-refractivity contribution in [3.8, 4) is 11.1 Å². The lowest BCUT2D eigenvalue weighted by atomic mass is 10.0. The highest BCUT2D eigenvalue weighted by Crippen LogP contribution is 2.34. The maximum absolute atomic E-state index is 11.3. The highest BCUT2D eigenvalue weighted by molar-refractivity contribution is 8.00. The smallest absolute Gasteiger partial charge is 0.255 e. The Bertz CT molecular complexity index is 598. The standard InChI is InChI=1S/C16H15NO2S/c18-16-11-20-15(10-17(16)19)14-8-6-13(7-9-14)12-4-2-1-3-5-12/h1-9,15,19H,10-11H2. The normalized spacial score (nSPS) is 19.1. The van der Waals surface area contributed by atoms with Gasteiger partial charge < -0.3 is 0 Å². The van der Waals surface area contributed by atoms with E-state index in [9.17, 15) is 10.0 Å². The quantitative estimate of drug-likeness (QED) is 0.860. The van der Waals surface area contributed by atoms with Gasteiger partial charge in [0.1, 0.15) is 0 Å². The highest BCUT2D eigenvalue weighted by atomic mass is 32.2. The average molecular weight is 285 g/mol. The zero-order valence-corrected chi connectivity index (χ0v) is 11.7. The molecule has 2 aromatic carbocycles. The van der Waals surface area contributed by atoms with E-state index in [1.165, 1.54) is 11.1 Å². The van der Waals surface area contributed by atoms with Crippen LogP contribution in [0.4, 0.5) is 0 Å². The Morgan fingerprint density at radius 3 is 2.30 bits per heavy atom. The fourth-order valence-corrected chi connectivity index (χ4v) is 3.37. The van der Waals surface area contributed by atoms with E-state index in [1.54, 1.807) is 11.8 Å². The van der Waals surface area contributed by atoms with E-state index in [1.807, 2.05) is 18.2 Å². The number of hydrogen-bond donors (Lipinski definition) is 1. The minimum absolute atomic E-state index is 0.141. The number of thioether (sulfide) groups is 1. The monoisotopic (exact) mass is 285 g/mol. The van der Waals surface area contributed by atoms with Crippen molar-refractivity contribution >= 4 is 17.7 Å². The van der Waals surface area contributed by atoms with Crippen LogP contribution in [0.15, 0.2) is 54.6 Å². The van der Waals surface area contributed by atoms with E-state index in [2.05, 4.69) is 36.4 Å². The first-order valence-corrected chi connectivity index (χ1v) is 7.55. The van der Waals surface area contributed by atoms with Gasteiger partial charge in [0.05, 0.1) is 17.5 Å². The molecule has 3 rings (SSSR count). The molecule has 0 bridgehead atoms. The molecule has 1 atom stereocenters. The van der Waals surface area contributed by atoms with Crippen molar-refractivity contribution in [2.24, 2.45) is 0 Å². The SMILES string of the molecule is O=C1CSC(c2ccc(-c3ccccc3)cc2)CN1O. The molecule has 1 aliphatic rings. The third kappa shape index (κ3) is 2.71. The Kier molecular flexibility index (Phi) is 3.76. The average Bonchev–Trinajstić information content (AvgIpc) is 2.51. The summed E-state index contributed by atoms with van der Waals surface area (Å²) in [5.74, 6) is 0.119. The van der Waals surface area contributed by atoms with E-state index < -0.39 is 0 Å². The van der Waals surface area contributed by atoms with Gasteiger partial charge in [0.25, 0.3) is 5.91 Å². The second kappa shape index (κ2) is 5.69. The molecule has 20 heavy (non-hydrogen) atoms. The summed E-state index contributed by atoms with van der Waals surface area (Å²) in [5.41, 5.74) is 3.50. The first kappa shape index (κ1) is 13.2. The van der Waals surface area contributed by atoms with Gasteiger partial charge in [0.15, 0.2) is 0 Å². The Hall–Kier alpha value is -1.78. The molecule has 0 radical (unpaired) electrons. The Morgan fingerprint density at radius 2 is 1.65 bits per heavy atom. The van der Waals surface area contributed by atoms with E-state index in [0.29, 0.717) is 12.3 Å². The fourth-order valence-electron chi connectivity index (χ4n) is 2.28. The molecule has 0 aliphatic carbocycles. The number of carbonyl (C=O) groups excluding carboxylic acids is 1. The summed E-state index contributed by atoms with van der Waals surface area (Å²) in [4.78, 5) is 11.3. The molecule has 0 spiro atoms. The van der Waals surface area contributed by atoms with Crippen LogP contribution in [-0.4, -0.2) is 28.5 Å². The predicted octanol–water partition coefficient (Wildman–Crippen LogP) is 3.36. The third-order valence-electron chi connectivity index (χ3n) is 3.42. The third-order valence-corrected chi connectivity index (χ3v) is 4.66. The molecule has 1 heterocycles. The molecule has 1 amide bonds. The van der Waals surface area contributed by atoms with Crippen LogP contribution >= 0.6 is 11.8 Å². The number of benzene rings is 2. The molecule has 3 nitrogen and oxygen atoms in total. The molecule has 1 aliphatic heterocycles. The van der Waals surface area contributed by atoms with Gasteiger partial charge in [-0.2, -0.15) is 0 Å². The van der Waals surface area contributed by atoms with Gasteiger partial charge in [-0.05, 0) is 16.7 Å². The first-order chi connectivity index (χ1) is 9.74. The second-order valence-electron chi connectivity index (χ2n) is 4.76.